The summed E-state index contributed by atoms with van der Waals surface area (Å²) in [6, 6.07) is 9.03. The van der Waals surface area contributed by atoms with Gasteiger partial charge in [-0.25, -0.2) is 0 Å². The molecule has 1 aliphatic heterocycles. The fourth-order valence-electron chi connectivity index (χ4n) is 3.36. The van der Waals surface area contributed by atoms with Gasteiger partial charge in [0.25, 0.3) is 0 Å². The number of fused-ring (bicyclic) bond motifs is 1. The summed E-state index contributed by atoms with van der Waals surface area (Å²) in [6.45, 7) is 6.13. The lowest BCUT2D eigenvalue weighted by molar-refractivity contribution is 0.179. The van der Waals surface area contributed by atoms with Crippen molar-refractivity contribution >= 4 is 10.9 Å². The van der Waals surface area contributed by atoms with E-state index in [0.29, 0.717) is 6.04 Å². The Morgan fingerprint density at radius 2 is 2.19 bits per heavy atom. The molecule has 0 spiro atoms. The average molecular weight is 287 g/mol. The molecule has 114 valence electrons. The topological polar surface area (TPSA) is 51.3 Å². The minimum atomic E-state index is 0.216. The van der Waals surface area contributed by atoms with E-state index in [1.807, 2.05) is 0 Å². The van der Waals surface area contributed by atoms with Crippen LogP contribution in [0.1, 0.15) is 24.1 Å². The van der Waals surface area contributed by atoms with Gasteiger partial charge in [-0.05, 0) is 37.9 Å². The zero-order chi connectivity index (χ0) is 14.7. The smallest absolute Gasteiger partial charge is 0.0558 e. The first-order valence-electron chi connectivity index (χ1n) is 7.90. The van der Waals surface area contributed by atoms with Crippen molar-refractivity contribution in [3.05, 3.63) is 35.5 Å². The normalized spacial score (nSPS) is 18.9. The third-order valence-corrected chi connectivity index (χ3v) is 4.47. The fourth-order valence-corrected chi connectivity index (χ4v) is 3.36. The molecule has 1 unspecified atom stereocenters. The van der Waals surface area contributed by atoms with Crippen LogP contribution < -0.4 is 5.32 Å². The molecule has 0 bridgehead atoms. The first-order valence-corrected chi connectivity index (χ1v) is 7.90. The van der Waals surface area contributed by atoms with Crippen molar-refractivity contribution in [2.75, 3.05) is 26.2 Å². The summed E-state index contributed by atoms with van der Waals surface area (Å²) in [5.74, 6) is 0. The first kappa shape index (κ1) is 14.6. The number of para-hydroxylation sites is 1. The van der Waals surface area contributed by atoms with Crippen LogP contribution in [0.3, 0.4) is 0 Å². The van der Waals surface area contributed by atoms with Crippen LogP contribution in [-0.4, -0.2) is 47.3 Å². The SMILES string of the molecule is Cc1[nH]c2ccccc2c1CN(CCO)CC1CCCN1. The lowest BCUT2D eigenvalue weighted by Gasteiger charge is -2.25. The molecule has 1 atom stereocenters. The molecular formula is C17H25N3O. The maximum atomic E-state index is 9.35. The molecule has 1 aromatic heterocycles. The molecule has 1 fully saturated rings. The number of hydrogen-bond acceptors (Lipinski definition) is 3. The molecule has 21 heavy (non-hydrogen) atoms. The van der Waals surface area contributed by atoms with Gasteiger partial charge in [-0.15, -0.1) is 0 Å². The largest absolute Gasteiger partial charge is 0.395 e. The molecule has 1 saturated heterocycles. The predicted octanol–water partition coefficient (Wildman–Crippen LogP) is 2.02. The standard InChI is InChI=1S/C17H25N3O/c1-13-16(15-6-2-3-7-17(15)19-13)12-20(9-10-21)11-14-5-4-8-18-14/h2-3,6-7,14,18-19,21H,4-5,8-12H2,1H3. The quantitative estimate of drug-likeness (QED) is 0.762. The van der Waals surface area contributed by atoms with Crippen molar-refractivity contribution < 1.29 is 5.11 Å². The van der Waals surface area contributed by atoms with Gasteiger partial charge in [-0.3, -0.25) is 4.90 Å². The van der Waals surface area contributed by atoms with Gasteiger partial charge in [0.15, 0.2) is 0 Å². The number of aliphatic hydroxyl groups excluding tert-OH is 1. The highest BCUT2D eigenvalue weighted by molar-refractivity contribution is 5.84. The Balaban J connectivity index is 1.78. The van der Waals surface area contributed by atoms with Gasteiger partial charge in [0, 0.05) is 42.3 Å². The summed E-state index contributed by atoms with van der Waals surface area (Å²) < 4.78 is 0. The molecule has 1 aromatic carbocycles. The maximum absolute atomic E-state index is 9.35. The Kier molecular flexibility index (Phi) is 4.58. The molecule has 4 heteroatoms. The van der Waals surface area contributed by atoms with Crippen LogP contribution in [0.25, 0.3) is 10.9 Å². The molecule has 1 aliphatic rings. The Morgan fingerprint density at radius 3 is 2.95 bits per heavy atom. The second-order valence-corrected chi connectivity index (χ2v) is 6.03. The van der Waals surface area contributed by atoms with E-state index >= 15 is 0 Å². The molecule has 4 nitrogen and oxygen atoms in total. The Labute approximate surface area is 126 Å². The number of H-pyrrole nitrogens is 1. The zero-order valence-electron chi connectivity index (χ0n) is 12.7. The van der Waals surface area contributed by atoms with Gasteiger partial charge < -0.3 is 15.4 Å². The Bertz CT molecular complexity index is 587. The lowest BCUT2D eigenvalue weighted by atomic mass is 10.1. The molecule has 0 amide bonds. The highest BCUT2D eigenvalue weighted by Crippen LogP contribution is 2.23. The lowest BCUT2D eigenvalue weighted by Crippen LogP contribution is -2.38. The van der Waals surface area contributed by atoms with Crippen molar-refractivity contribution in [3.8, 4) is 0 Å². The van der Waals surface area contributed by atoms with Crippen LogP contribution in [-0.2, 0) is 6.54 Å². The number of aromatic amines is 1. The molecule has 3 N–H and O–H groups in total. The van der Waals surface area contributed by atoms with Crippen molar-refractivity contribution in [2.24, 2.45) is 0 Å². The monoisotopic (exact) mass is 287 g/mol. The second-order valence-electron chi connectivity index (χ2n) is 6.03. The minimum Gasteiger partial charge on any atom is -0.395 e. The van der Waals surface area contributed by atoms with E-state index in [-0.39, 0.29) is 6.61 Å². The van der Waals surface area contributed by atoms with E-state index in [0.717, 1.165) is 26.2 Å². The molecule has 3 rings (SSSR count). The van der Waals surface area contributed by atoms with Crippen LogP contribution in [0, 0.1) is 6.92 Å². The van der Waals surface area contributed by atoms with E-state index in [4.69, 9.17) is 0 Å². The highest BCUT2D eigenvalue weighted by atomic mass is 16.3. The molecule has 2 aromatic rings. The van der Waals surface area contributed by atoms with Gasteiger partial charge >= 0.3 is 0 Å². The number of rotatable bonds is 6. The highest BCUT2D eigenvalue weighted by Gasteiger charge is 2.19. The van der Waals surface area contributed by atoms with E-state index in [1.54, 1.807) is 0 Å². The van der Waals surface area contributed by atoms with Crippen molar-refractivity contribution in [1.82, 2.24) is 15.2 Å². The molecule has 2 heterocycles. The number of nitrogens with one attached hydrogen (secondary N) is 2. The molecular weight excluding hydrogens is 262 g/mol. The second kappa shape index (κ2) is 6.60. The van der Waals surface area contributed by atoms with Crippen molar-refractivity contribution in [3.63, 3.8) is 0 Å². The maximum Gasteiger partial charge on any atom is 0.0558 e. The fraction of sp³-hybridized carbons (Fsp3) is 0.529. The molecule has 0 saturated carbocycles. The number of benzene rings is 1. The van der Waals surface area contributed by atoms with Crippen molar-refractivity contribution in [1.29, 1.82) is 0 Å². The van der Waals surface area contributed by atoms with Crippen LogP contribution in [0.5, 0.6) is 0 Å². The summed E-state index contributed by atoms with van der Waals surface area (Å²) in [5, 5.41) is 14.2. The van der Waals surface area contributed by atoms with Crippen LogP contribution >= 0.6 is 0 Å². The summed E-state index contributed by atoms with van der Waals surface area (Å²) in [4.78, 5) is 5.83. The van der Waals surface area contributed by atoms with E-state index in [9.17, 15) is 5.11 Å². The molecule has 0 radical (unpaired) electrons. The van der Waals surface area contributed by atoms with Crippen LogP contribution in [0.4, 0.5) is 0 Å². The third kappa shape index (κ3) is 3.28. The van der Waals surface area contributed by atoms with Crippen LogP contribution in [0.2, 0.25) is 0 Å². The van der Waals surface area contributed by atoms with Crippen LogP contribution in [0.15, 0.2) is 24.3 Å². The summed E-state index contributed by atoms with van der Waals surface area (Å²) in [6.07, 6.45) is 2.51. The first-order chi connectivity index (χ1) is 10.3. The minimum absolute atomic E-state index is 0.216. The number of hydrogen-bond donors (Lipinski definition) is 3. The van der Waals surface area contributed by atoms with Gasteiger partial charge in [0.2, 0.25) is 0 Å². The Morgan fingerprint density at radius 1 is 1.33 bits per heavy atom. The van der Waals surface area contributed by atoms with E-state index in [2.05, 4.69) is 46.4 Å². The van der Waals surface area contributed by atoms with Gasteiger partial charge in [-0.2, -0.15) is 0 Å². The van der Waals surface area contributed by atoms with Gasteiger partial charge in [0.1, 0.15) is 0 Å². The summed E-state index contributed by atoms with van der Waals surface area (Å²) in [7, 11) is 0. The number of aliphatic hydroxyl groups is 1. The summed E-state index contributed by atoms with van der Waals surface area (Å²) in [5.41, 5.74) is 3.79. The van der Waals surface area contributed by atoms with E-state index in [1.165, 1.54) is 35.0 Å². The number of aromatic nitrogens is 1. The van der Waals surface area contributed by atoms with Crippen molar-refractivity contribution in [2.45, 2.75) is 32.4 Å². The summed E-state index contributed by atoms with van der Waals surface area (Å²) >= 11 is 0. The number of aryl methyl sites for hydroxylation is 1. The van der Waals surface area contributed by atoms with Gasteiger partial charge in [0.05, 0.1) is 6.61 Å². The molecule has 0 aliphatic carbocycles. The zero-order valence-corrected chi connectivity index (χ0v) is 12.7. The predicted molar refractivity (Wildman–Crippen MR) is 86.4 cm³/mol. The Hall–Kier alpha value is -1.36. The third-order valence-electron chi connectivity index (χ3n) is 4.47. The van der Waals surface area contributed by atoms with E-state index < -0.39 is 0 Å². The van der Waals surface area contributed by atoms with Gasteiger partial charge in [-0.1, -0.05) is 18.2 Å². The number of nitrogens with zero attached hydrogens (tertiary/aromatic N) is 1. The average Bonchev–Trinajstić information content (AvgIpc) is 3.08.